The molecule has 0 fully saturated rings. The number of amides is 1. The Morgan fingerprint density at radius 1 is 1.43 bits per heavy atom. The van der Waals surface area contributed by atoms with Crippen molar-refractivity contribution in [3.05, 3.63) is 52.7 Å². The van der Waals surface area contributed by atoms with E-state index >= 15 is 0 Å². The molecule has 1 aliphatic rings. The highest BCUT2D eigenvalue weighted by Crippen LogP contribution is 2.22. The van der Waals surface area contributed by atoms with Gasteiger partial charge in [0.15, 0.2) is 5.89 Å². The number of fused-ring (bicyclic) bond motifs is 1. The van der Waals surface area contributed by atoms with E-state index in [1.807, 2.05) is 6.07 Å². The minimum atomic E-state index is -0.210. The summed E-state index contributed by atoms with van der Waals surface area (Å²) in [5.41, 5.74) is 3.23. The molecule has 1 amide bonds. The van der Waals surface area contributed by atoms with Crippen LogP contribution in [0.1, 0.15) is 39.3 Å². The van der Waals surface area contributed by atoms with Crippen molar-refractivity contribution < 1.29 is 9.21 Å². The maximum absolute atomic E-state index is 12.2. The Morgan fingerprint density at radius 3 is 3.00 bits per heavy atom. The van der Waals surface area contributed by atoms with Crippen LogP contribution >= 0.6 is 0 Å². The van der Waals surface area contributed by atoms with Gasteiger partial charge in [-0.05, 0) is 31.0 Å². The van der Waals surface area contributed by atoms with E-state index < -0.39 is 0 Å². The molecule has 1 unspecified atom stereocenters. The van der Waals surface area contributed by atoms with Gasteiger partial charge in [0.1, 0.15) is 0 Å². The third kappa shape index (κ3) is 2.83. The van der Waals surface area contributed by atoms with E-state index in [-0.39, 0.29) is 11.9 Å². The molecular weight excluding hydrogens is 266 g/mol. The molecule has 2 heterocycles. The average Bonchev–Trinajstić information content (AvgIpc) is 2.83. The molecule has 1 aromatic heterocycles. The van der Waals surface area contributed by atoms with Crippen LogP contribution in [-0.4, -0.2) is 24.0 Å². The SMILES string of the molecule is Cc1nc(C)c(C(=O)NCC2NCCc3ccccc32)o1. The van der Waals surface area contributed by atoms with Gasteiger partial charge >= 0.3 is 0 Å². The lowest BCUT2D eigenvalue weighted by Crippen LogP contribution is -2.38. The maximum atomic E-state index is 12.2. The van der Waals surface area contributed by atoms with Gasteiger partial charge in [0, 0.05) is 19.5 Å². The molecule has 0 saturated carbocycles. The lowest BCUT2D eigenvalue weighted by Gasteiger charge is -2.27. The topological polar surface area (TPSA) is 67.2 Å². The summed E-state index contributed by atoms with van der Waals surface area (Å²) in [6.07, 6.45) is 1.03. The van der Waals surface area contributed by atoms with Crippen molar-refractivity contribution in [3.8, 4) is 0 Å². The number of benzene rings is 1. The molecule has 0 bridgehead atoms. The van der Waals surface area contributed by atoms with Gasteiger partial charge in [-0.15, -0.1) is 0 Å². The van der Waals surface area contributed by atoms with E-state index in [4.69, 9.17) is 4.42 Å². The number of nitrogens with zero attached hydrogens (tertiary/aromatic N) is 1. The molecule has 1 aromatic carbocycles. The number of rotatable bonds is 3. The molecule has 5 heteroatoms. The molecule has 0 saturated heterocycles. The number of aromatic nitrogens is 1. The Balaban J connectivity index is 1.69. The summed E-state index contributed by atoms with van der Waals surface area (Å²) < 4.78 is 5.34. The van der Waals surface area contributed by atoms with E-state index in [0.717, 1.165) is 13.0 Å². The molecule has 0 spiro atoms. The highest BCUT2D eigenvalue weighted by molar-refractivity contribution is 5.92. The van der Waals surface area contributed by atoms with E-state index in [1.165, 1.54) is 11.1 Å². The first-order valence-corrected chi connectivity index (χ1v) is 7.18. The summed E-state index contributed by atoms with van der Waals surface area (Å²) in [7, 11) is 0. The third-order valence-electron chi connectivity index (χ3n) is 3.79. The van der Waals surface area contributed by atoms with Crippen molar-refractivity contribution in [2.24, 2.45) is 0 Å². The van der Waals surface area contributed by atoms with Gasteiger partial charge in [0.25, 0.3) is 5.91 Å². The quantitative estimate of drug-likeness (QED) is 0.904. The molecular formula is C16H19N3O2. The van der Waals surface area contributed by atoms with Crippen molar-refractivity contribution in [2.75, 3.05) is 13.1 Å². The second-order valence-electron chi connectivity index (χ2n) is 5.31. The van der Waals surface area contributed by atoms with Gasteiger partial charge in [-0.25, -0.2) is 4.98 Å². The zero-order chi connectivity index (χ0) is 14.8. The predicted octanol–water partition coefficient (Wildman–Crippen LogP) is 1.91. The first-order valence-electron chi connectivity index (χ1n) is 7.18. The molecule has 1 atom stereocenters. The Morgan fingerprint density at radius 2 is 2.24 bits per heavy atom. The van der Waals surface area contributed by atoms with Crippen LogP contribution in [0.2, 0.25) is 0 Å². The summed E-state index contributed by atoms with van der Waals surface area (Å²) in [5, 5.41) is 6.37. The van der Waals surface area contributed by atoms with E-state index in [1.54, 1.807) is 13.8 Å². The molecule has 5 nitrogen and oxygen atoms in total. The lowest BCUT2D eigenvalue weighted by molar-refractivity contribution is 0.0919. The standard InChI is InChI=1S/C16H19N3O2/c1-10-15(21-11(2)19-10)16(20)18-9-14-13-6-4-3-5-12(13)7-8-17-14/h3-6,14,17H,7-9H2,1-2H3,(H,18,20). The average molecular weight is 285 g/mol. The number of hydrogen-bond donors (Lipinski definition) is 2. The smallest absolute Gasteiger partial charge is 0.289 e. The van der Waals surface area contributed by atoms with Gasteiger partial charge in [-0.2, -0.15) is 0 Å². The van der Waals surface area contributed by atoms with Crippen LogP contribution in [0.5, 0.6) is 0 Å². The zero-order valence-electron chi connectivity index (χ0n) is 12.3. The van der Waals surface area contributed by atoms with E-state index in [2.05, 4.69) is 33.8 Å². The summed E-state index contributed by atoms with van der Waals surface area (Å²) >= 11 is 0. The largest absolute Gasteiger partial charge is 0.436 e. The van der Waals surface area contributed by atoms with Crippen molar-refractivity contribution >= 4 is 5.91 Å². The lowest BCUT2D eigenvalue weighted by atomic mass is 9.94. The normalized spacial score (nSPS) is 17.3. The van der Waals surface area contributed by atoms with Gasteiger partial charge in [0.05, 0.1) is 5.69 Å². The molecule has 0 aliphatic carbocycles. The minimum absolute atomic E-state index is 0.142. The van der Waals surface area contributed by atoms with E-state index in [0.29, 0.717) is 23.9 Å². The van der Waals surface area contributed by atoms with Crippen molar-refractivity contribution in [2.45, 2.75) is 26.3 Å². The molecule has 2 aromatic rings. The van der Waals surface area contributed by atoms with E-state index in [9.17, 15) is 4.79 Å². The van der Waals surface area contributed by atoms with Crippen molar-refractivity contribution in [3.63, 3.8) is 0 Å². The van der Waals surface area contributed by atoms with Crippen LogP contribution < -0.4 is 10.6 Å². The number of carbonyl (C=O) groups excluding carboxylic acids is 1. The summed E-state index contributed by atoms with van der Waals surface area (Å²) in [6, 6.07) is 8.49. The second kappa shape index (κ2) is 5.69. The van der Waals surface area contributed by atoms with Crippen molar-refractivity contribution in [1.82, 2.24) is 15.6 Å². The summed E-state index contributed by atoms with van der Waals surface area (Å²) in [6.45, 7) is 4.98. The van der Waals surface area contributed by atoms with Crippen LogP contribution in [0.4, 0.5) is 0 Å². The molecule has 2 N–H and O–H groups in total. The van der Waals surface area contributed by atoms with Crippen molar-refractivity contribution in [1.29, 1.82) is 0 Å². The summed E-state index contributed by atoms with van der Waals surface area (Å²) in [5.74, 6) is 0.605. The van der Waals surface area contributed by atoms with Gasteiger partial charge in [-0.3, -0.25) is 4.79 Å². The third-order valence-corrected chi connectivity index (χ3v) is 3.79. The first kappa shape index (κ1) is 13.8. The highest BCUT2D eigenvalue weighted by atomic mass is 16.4. The van der Waals surface area contributed by atoms with Crippen LogP contribution in [0.15, 0.2) is 28.7 Å². The number of aryl methyl sites for hydroxylation is 2. The number of nitrogens with one attached hydrogen (secondary N) is 2. The molecule has 0 radical (unpaired) electrons. The maximum Gasteiger partial charge on any atom is 0.289 e. The fraction of sp³-hybridized carbons (Fsp3) is 0.375. The first-order chi connectivity index (χ1) is 10.1. The Bertz CT molecular complexity index is 663. The monoisotopic (exact) mass is 285 g/mol. The fourth-order valence-electron chi connectivity index (χ4n) is 2.79. The molecule has 110 valence electrons. The molecule has 1 aliphatic heterocycles. The fourth-order valence-corrected chi connectivity index (χ4v) is 2.79. The minimum Gasteiger partial charge on any atom is -0.436 e. The molecule has 3 rings (SSSR count). The Kier molecular flexibility index (Phi) is 3.75. The van der Waals surface area contributed by atoms with Crippen LogP contribution in [0, 0.1) is 13.8 Å². The number of carbonyl (C=O) groups is 1. The van der Waals surface area contributed by atoms with Crippen LogP contribution in [0.3, 0.4) is 0 Å². The predicted molar refractivity (Wildman–Crippen MR) is 79.2 cm³/mol. The van der Waals surface area contributed by atoms with Crippen LogP contribution in [-0.2, 0) is 6.42 Å². The second-order valence-corrected chi connectivity index (χ2v) is 5.31. The van der Waals surface area contributed by atoms with Crippen LogP contribution in [0.25, 0.3) is 0 Å². The number of oxazole rings is 1. The Labute approximate surface area is 123 Å². The molecule has 21 heavy (non-hydrogen) atoms. The van der Waals surface area contributed by atoms with Gasteiger partial charge in [0.2, 0.25) is 5.76 Å². The van der Waals surface area contributed by atoms with Gasteiger partial charge < -0.3 is 15.1 Å². The number of hydrogen-bond acceptors (Lipinski definition) is 4. The summed E-state index contributed by atoms with van der Waals surface area (Å²) in [4.78, 5) is 16.3. The highest BCUT2D eigenvalue weighted by Gasteiger charge is 2.21. The van der Waals surface area contributed by atoms with Gasteiger partial charge in [-0.1, -0.05) is 24.3 Å². The Hall–Kier alpha value is -2.14. The zero-order valence-corrected chi connectivity index (χ0v) is 12.3.